The van der Waals surface area contributed by atoms with E-state index in [4.69, 9.17) is 10.5 Å². The second-order valence-corrected chi connectivity index (χ2v) is 8.89. The normalized spacial score (nSPS) is 18.5. The first-order chi connectivity index (χ1) is 15.8. The number of halogens is 1. The predicted molar refractivity (Wildman–Crippen MR) is 126 cm³/mol. The molecule has 33 heavy (non-hydrogen) atoms. The number of alkyl halides is 1. The molecule has 0 saturated carbocycles. The summed E-state index contributed by atoms with van der Waals surface area (Å²) in [5, 5.41) is 5.82. The van der Waals surface area contributed by atoms with Gasteiger partial charge in [-0.25, -0.2) is 9.18 Å². The summed E-state index contributed by atoms with van der Waals surface area (Å²) < 4.78 is 20.8. The molecule has 3 amide bonds. The molecule has 0 radical (unpaired) electrons. The van der Waals surface area contributed by atoms with E-state index < -0.39 is 5.67 Å². The van der Waals surface area contributed by atoms with Gasteiger partial charge in [-0.2, -0.15) is 0 Å². The van der Waals surface area contributed by atoms with E-state index in [1.54, 1.807) is 41.3 Å². The summed E-state index contributed by atoms with van der Waals surface area (Å²) in [6, 6.07) is 11.9. The smallest absolute Gasteiger partial charge is 0.319 e. The van der Waals surface area contributed by atoms with E-state index in [0.717, 1.165) is 18.4 Å². The van der Waals surface area contributed by atoms with Crippen molar-refractivity contribution < 1.29 is 18.7 Å². The Morgan fingerprint density at radius 3 is 2.42 bits per heavy atom. The molecule has 0 aromatic heterocycles. The van der Waals surface area contributed by atoms with E-state index in [2.05, 4.69) is 10.6 Å². The Morgan fingerprint density at radius 1 is 1.09 bits per heavy atom. The Kier molecular flexibility index (Phi) is 6.83. The summed E-state index contributed by atoms with van der Waals surface area (Å²) in [4.78, 5) is 27.2. The maximum absolute atomic E-state index is 15.5. The van der Waals surface area contributed by atoms with Crippen LogP contribution in [0.3, 0.4) is 0 Å². The second-order valence-electron chi connectivity index (χ2n) is 8.89. The number of anilines is 2. The van der Waals surface area contributed by atoms with E-state index in [-0.39, 0.29) is 30.8 Å². The third kappa shape index (κ3) is 5.45. The number of aryl methyl sites for hydroxylation is 1. The molecule has 7 nitrogen and oxygen atoms in total. The van der Waals surface area contributed by atoms with Crippen LogP contribution in [0.15, 0.2) is 42.5 Å². The lowest BCUT2D eigenvalue weighted by Crippen LogP contribution is -2.43. The lowest BCUT2D eigenvalue weighted by atomic mass is 9.86. The SMILES string of the molecule is Cc1ccc(C(=O)N2CCC(F)(c3ccc(N)cc3)CC2)cc1NC(=O)NC1CCOCC1. The lowest BCUT2D eigenvalue weighted by Gasteiger charge is -2.37. The van der Waals surface area contributed by atoms with Crippen molar-refractivity contribution in [3.05, 3.63) is 59.2 Å². The number of ether oxygens (including phenoxy) is 1. The number of nitrogens with one attached hydrogen (secondary N) is 2. The van der Waals surface area contributed by atoms with Gasteiger partial charge in [-0.3, -0.25) is 4.79 Å². The maximum atomic E-state index is 15.5. The van der Waals surface area contributed by atoms with Crippen LogP contribution in [0.1, 0.15) is 47.2 Å². The minimum absolute atomic E-state index is 0.0826. The van der Waals surface area contributed by atoms with Gasteiger partial charge in [0.1, 0.15) is 5.67 Å². The molecule has 0 unspecified atom stereocenters. The summed E-state index contributed by atoms with van der Waals surface area (Å²) in [5.74, 6) is -0.165. The molecule has 2 aromatic rings. The molecule has 2 saturated heterocycles. The first-order valence-corrected chi connectivity index (χ1v) is 11.4. The minimum Gasteiger partial charge on any atom is -0.399 e. The monoisotopic (exact) mass is 454 g/mol. The van der Waals surface area contributed by atoms with E-state index in [1.165, 1.54) is 0 Å². The molecule has 0 aliphatic carbocycles. The number of nitrogens with zero attached hydrogens (tertiary/aromatic N) is 1. The molecular weight excluding hydrogens is 423 g/mol. The molecule has 0 spiro atoms. The van der Waals surface area contributed by atoms with Gasteiger partial charge in [-0.05, 0) is 55.2 Å². The number of carbonyl (C=O) groups excluding carboxylic acids is 2. The highest BCUT2D eigenvalue weighted by molar-refractivity contribution is 5.97. The van der Waals surface area contributed by atoms with Crippen LogP contribution in [0.2, 0.25) is 0 Å². The van der Waals surface area contributed by atoms with E-state index >= 15 is 4.39 Å². The minimum atomic E-state index is -1.47. The quantitative estimate of drug-likeness (QED) is 0.609. The van der Waals surface area contributed by atoms with E-state index in [0.29, 0.717) is 48.8 Å². The summed E-state index contributed by atoms with van der Waals surface area (Å²) >= 11 is 0. The van der Waals surface area contributed by atoms with Crippen molar-refractivity contribution in [1.29, 1.82) is 0 Å². The molecular formula is C25H31FN4O3. The third-order valence-electron chi connectivity index (χ3n) is 6.56. The van der Waals surface area contributed by atoms with Crippen molar-refractivity contribution in [3.8, 4) is 0 Å². The summed E-state index contributed by atoms with van der Waals surface area (Å²) in [6.45, 7) is 3.80. The fourth-order valence-electron chi connectivity index (χ4n) is 4.39. The molecule has 2 heterocycles. The number of hydrogen-bond donors (Lipinski definition) is 3. The summed E-state index contributed by atoms with van der Waals surface area (Å²) in [6.07, 6.45) is 2.03. The van der Waals surface area contributed by atoms with Gasteiger partial charge in [-0.15, -0.1) is 0 Å². The van der Waals surface area contributed by atoms with Crippen LogP contribution in [0, 0.1) is 6.92 Å². The lowest BCUT2D eigenvalue weighted by molar-refractivity contribution is 0.0421. The predicted octanol–water partition coefficient (Wildman–Crippen LogP) is 3.98. The van der Waals surface area contributed by atoms with Crippen LogP contribution in [0.25, 0.3) is 0 Å². The number of piperidine rings is 1. The second kappa shape index (κ2) is 9.79. The van der Waals surface area contributed by atoms with Crippen molar-refractivity contribution in [1.82, 2.24) is 10.2 Å². The zero-order valence-corrected chi connectivity index (χ0v) is 18.9. The van der Waals surface area contributed by atoms with Crippen molar-refractivity contribution in [3.63, 3.8) is 0 Å². The number of benzene rings is 2. The van der Waals surface area contributed by atoms with E-state index in [1.807, 2.05) is 13.0 Å². The highest BCUT2D eigenvalue weighted by atomic mass is 19.1. The maximum Gasteiger partial charge on any atom is 0.319 e. The number of urea groups is 1. The summed E-state index contributed by atoms with van der Waals surface area (Å²) in [5.41, 5.74) is 7.36. The molecule has 2 aromatic carbocycles. The van der Waals surface area contributed by atoms with Crippen LogP contribution in [-0.4, -0.2) is 49.2 Å². The van der Waals surface area contributed by atoms with Crippen LogP contribution >= 0.6 is 0 Å². The molecule has 2 fully saturated rings. The van der Waals surface area contributed by atoms with Gasteiger partial charge >= 0.3 is 6.03 Å². The Morgan fingerprint density at radius 2 is 1.76 bits per heavy atom. The van der Waals surface area contributed by atoms with Gasteiger partial charge in [-0.1, -0.05) is 18.2 Å². The average Bonchev–Trinajstić information content (AvgIpc) is 2.81. The van der Waals surface area contributed by atoms with Crippen molar-refractivity contribution in [2.75, 3.05) is 37.4 Å². The Labute approximate surface area is 193 Å². The fraction of sp³-hybridized carbons (Fsp3) is 0.440. The Hall–Kier alpha value is -3.13. The molecule has 0 atom stereocenters. The average molecular weight is 455 g/mol. The van der Waals surface area contributed by atoms with Crippen LogP contribution in [0.5, 0.6) is 0 Å². The number of amides is 3. The molecule has 8 heteroatoms. The first-order valence-electron chi connectivity index (χ1n) is 11.4. The van der Waals surface area contributed by atoms with Crippen molar-refractivity contribution in [2.45, 2.75) is 44.3 Å². The van der Waals surface area contributed by atoms with Gasteiger partial charge in [0.15, 0.2) is 0 Å². The highest BCUT2D eigenvalue weighted by Gasteiger charge is 2.37. The van der Waals surface area contributed by atoms with Gasteiger partial charge in [0.05, 0.1) is 0 Å². The molecule has 176 valence electrons. The number of nitrogens with two attached hydrogens (primary N) is 1. The largest absolute Gasteiger partial charge is 0.399 e. The number of likely N-dealkylation sites (tertiary alicyclic amines) is 1. The topological polar surface area (TPSA) is 96.7 Å². The van der Waals surface area contributed by atoms with Crippen molar-refractivity contribution in [2.24, 2.45) is 0 Å². The summed E-state index contributed by atoms with van der Waals surface area (Å²) in [7, 11) is 0. The van der Waals surface area contributed by atoms with Crippen molar-refractivity contribution >= 4 is 23.3 Å². The van der Waals surface area contributed by atoms with Gasteiger partial charge in [0.25, 0.3) is 5.91 Å². The van der Waals surface area contributed by atoms with Crippen LogP contribution < -0.4 is 16.4 Å². The number of nitrogen functional groups attached to an aromatic ring is 1. The Bertz CT molecular complexity index is 997. The molecule has 0 bridgehead atoms. The molecule has 4 rings (SSSR count). The number of carbonyl (C=O) groups is 2. The van der Waals surface area contributed by atoms with Crippen LogP contribution in [-0.2, 0) is 10.4 Å². The molecule has 2 aliphatic heterocycles. The zero-order valence-electron chi connectivity index (χ0n) is 18.9. The van der Waals surface area contributed by atoms with Crippen LogP contribution in [0.4, 0.5) is 20.6 Å². The zero-order chi connectivity index (χ0) is 23.4. The third-order valence-corrected chi connectivity index (χ3v) is 6.56. The Balaban J connectivity index is 1.38. The molecule has 2 aliphatic rings. The van der Waals surface area contributed by atoms with Gasteiger partial charge < -0.3 is 26.0 Å². The number of hydrogen-bond acceptors (Lipinski definition) is 4. The van der Waals surface area contributed by atoms with Gasteiger partial charge in [0.2, 0.25) is 0 Å². The first kappa shape index (κ1) is 23.0. The molecule has 4 N–H and O–H groups in total. The standard InChI is InChI=1S/C25H31FN4O3/c1-17-2-3-18(16-22(17)29-24(32)28-21-8-14-33-15-9-21)23(31)30-12-10-25(26,11-13-30)19-4-6-20(27)7-5-19/h2-7,16,21H,8-15,27H2,1H3,(H2,28,29,32). The number of rotatable bonds is 4. The van der Waals surface area contributed by atoms with E-state index in [9.17, 15) is 9.59 Å². The highest BCUT2D eigenvalue weighted by Crippen LogP contribution is 2.37. The fourth-order valence-corrected chi connectivity index (χ4v) is 4.39. The van der Waals surface area contributed by atoms with Gasteiger partial charge in [0, 0.05) is 62.1 Å².